The number of hydrogen-bond donors (Lipinski definition) is 1. The van der Waals surface area contributed by atoms with Crippen molar-refractivity contribution in [3.63, 3.8) is 0 Å². The van der Waals surface area contributed by atoms with Crippen LogP contribution in [0, 0.1) is 5.82 Å². The molecule has 0 aliphatic rings. The molecular formula is C14H16BrFN2O. The van der Waals surface area contributed by atoms with Crippen molar-refractivity contribution in [2.45, 2.75) is 32.4 Å². The van der Waals surface area contributed by atoms with E-state index in [1.807, 2.05) is 6.07 Å². The van der Waals surface area contributed by atoms with Gasteiger partial charge in [-0.1, -0.05) is 22.9 Å². The predicted molar refractivity (Wildman–Crippen MR) is 75.3 cm³/mol. The second-order valence-corrected chi connectivity index (χ2v) is 5.39. The quantitative estimate of drug-likeness (QED) is 0.913. The van der Waals surface area contributed by atoms with Gasteiger partial charge in [-0.15, -0.1) is 0 Å². The third kappa shape index (κ3) is 3.64. The molecule has 1 atom stereocenters. The lowest BCUT2D eigenvalue weighted by Gasteiger charge is -2.13. The molecule has 5 heteroatoms. The molecule has 0 radical (unpaired) electrons. The molecule has 0 saturated heterocycles. The van der Waals surface area contributed by atoms with Crippen molar-refractivity contribution in [1.29, 1.82) is 0 Å². The minimum Gasteiger partial charge on any atom is -0.386 e. The smallest absolute Gasteiger partial charge is 0.124 e. The summed E-state index contributed by atoms with van der Waals surface area (Å²) in [6.07, 6.45) is 2.32. The molecule has 0 aliphatic heterocycles. The summed E-state index contributed by atoms with van der Waals surface area (Å²) in [7, 11) is 0. The normalized spacial score (nSPS) is 12.6. The molecule has 19 heavy (non-hydrogen) atoms. The Morgan fingerprint density at radius 1 is 1.42 bits per heavy atom. The van der Waals surface area contributed by atoms with Gasteiger partial charge in [0.05, 0.1) is 11.8 Å². The van der Waals surface area contributed by atoms with Crippen LogP contribution in [0.3, 0.4) is 0 Å². The van der Waals surface area contributed by atoms with Crippen LogP contribution >= 0.6 is 15.9 Å². The number of aliphatic hydroxyl groups is 1. The van der Waals surface area contributed by atoms with Gasteiger partial charge in [0.25, 0.3) is 0 Å². The summed E-state index contributed by atoms with van der Waals surface area (Å²) in [6.45, 7) is 2.83. The van der Waals surface area contributed by atoms with E-state index in [4.69, 9.17) is 0 Å². The van der Waals surface area contributed by atoms with Crippen LogP contribution in [-0.2, 0) is 13.0 Å². The summed E-state index contributed by atoms with van der Waals surface area (Å²) < 4.78 is 15.8. The summed E-state index contributed by atoms with van der Waals surface area (Å²) in [6, 6.07) is 6.45. The van der Waals surface area contributed by atoms with E-state index in [0.29, 0.717) is 10.9 Å². The van der Waals surface area contributed by atoms with Crippen LogP contribution in [0.4, 0.5) is 4.39 Å². The van der Waals surface area contributed by atoms with E-state index < -0.39 is 6.10 Å². The molecule has 102 valence electrons. The monoisotopic (exact) mass is 326 g/mol. The van der Waals surface area contributed by atoms with E-state index >= 15 is 0 Å². The molecule has 1 unspecified atom stereocenters. The summed E-state index contributed by atoms with van der Waals surface area (Å²) in [5.74, 6) is -0.307. The van der Waals surface area contributed by atoms with E-state index in [-0.39, 0.29) is 5.82 Å². The maximum absolute atomic E-state index is 13.3. The standard InChI is InChI=1S/C14H16BrFN2O/c1-2-5-18-13(3-4-17-18)14(19)8-10-6-11(15)9-12(16)7-10/h3-4,6-7,9,14,19H,2,5,8H2,1H3. The Labute approximate surface area is 120 Å². The van der Waals surface area contributed by atoms with Crippen LogP contribution in [0.2, 0.25) is 0 Å². The fourth-order valence-corrected chi connectivity index (χ4v) is 2.59. The molecule has 1 aromatic heterocycles. The zero-order valence-corrected chi connectivity index (χ0v) is 12.3. The minimum absolute atomic E-state index is 0.307. The number of aliphatic hydroxyl groups excluding tert-OH is 1. The topological polar surface area (TPSA) is 38.0 Å². The summed E-state index contributed by atoms with van der Waals surface area (Å²) in [5.41, 5.74) is 1.52. The highest BCUT2D eigenvalue weighted by molar-refractivity contribution is 9.10. The fraction of sp³-hybridized carbons (Fsp3) is 0.357. The average Bonchev–Trinajstić information content (AvgIpc) is 2.76. The predicted octanol–water partition coefficient (Wildman–Crippen LogP) is 3.47. The van der Waals surface area contributed by atoms with Gasteiger partial charge in [-0.05, 0) is 36.2 Å². The Kier molecular flexibility index (Phi) is 4.71. The molecule has 0 amide bonds. The van der Waals surface area contributed by atoms with E-state index in [0.717, 1.165) is 24.2 Å². The fourth-order valence-electron chi connectivity index (χ4n) is 2.08. The van der Waals surface area contributed by atoms with Crippen LogP contribution in [0.5, 0.6) is 0 Å². The van der Waals surface area contributed by atoms with Crippen molar-refractivity contribution in [2.75, 3.05) is 0 Å². The minimum atomic E-state index is -0.678. The molecule has 0 saturated carbocycles. The molecule has 0 spiro atoms. The van der Waals surface area contributed by atoms with Gasteiger partial charge in [0.1, 0.15) is 5.82 Å². The van der Waals surface area contributed by atoms with Crippen LogP contribution in [0.1, 0.15) is 30.7 Å². The van der Waals surface area contributed by atoms with Crippen molar-refractivity contribution >= 4 is 15.9 Å². The van der Waals surface area contributed by atoms with Crippen LogP contribution < -0.4 is 0 Å². The Morgan fingerprint density at radius 3 is 2.89 bits per heavy atom. The van der Waals surface area contributed by atoms with Gasteiger partial charge >= 0.3 is 0 Å². The van der Waals surface area contributed by atoms with Crippen molar-refractivity contribution in [3.8, 4) is 0 Å². The van der Waals surface area contributed by atoms with E-state index in [1.54, 1.807) is 16.9 Å². The van der Waals surface area contributed by atoms with Crippen molar-refractivity contribution < 1.29 is 9.50 Å². The molecule has 0 aliphatic carbocycles. The Bertz CT molecular complexity index is 536. The first-order valence-corrected chi connectivity index (χ1v) is 7.04. The molecule has 3 nitrogen and oxygen atoms in total. The maximum Gasteiger partial charge on any atom is 0.124 e. The molecule has 1 N–H and O–H groups in total. The number of aryl methyl sites for hydroxylation is 1. The van der Waals surface area contributed by atoms with E-state index in [2.05, 4.69) is 28.0 Å². The summed E-state index contributed by atoms with van der Waals surface area (Å²) in [4.78, 5) is 0. The van der Waals surface area contributed by atoms with Gasteiger partial charge in [-0.3, -0.25) is 4.68 Å². The van der Waals surface area contributed by atoms with Gasteiger partial charge in [0.2, 0.25) is 0 Å². The average molecular weight is 327 g/mol. The molecule has 0 bridgehead atoms. The number of halogens is 2. The van der Waals surface area contributed by atoms with Gasteiger partial charge in [-0.2, -0.15) is 5.10 Å². The lowest BCUT2D eigenvalue weighted by molar-refractivity contribution is 0.166. The highest BCUT2D eigenvalue weighted by Gasteiger charge is 2.14. The Hall–Kier alpha value is -1.20. The van der Waals surface area contributed by atoms with Crippen molar-refractivity contribution in [2.24, 2.45) is 0 Å². The lowest BCUT2D eigenvalue weighted by Crippen LogP contribution is -2.11. The maximum atomic E-state index is 13.3. The second kappa shape index (κ2) is 6.30. The number of aromatic nitrogens is 2. The van der Waals surface area contributed by atoms with Gasteiger partial charge < -0.3 is 5.11 Å². The van der Waals surface area contributed by atoms with Crippen molar-refractivity contribution in [3.05, 3.63) is 52.0 Å². The first-order valence-electron chi connectivity index (χ1n) is 6.25. The molecule has 2 rings (SSSR count). The summed E-state index contributed by atoms with van der Waals surface area (Å²) in [5, 5.41) is 14.4. The van der Waals surface area contributed by atoms with Gasteiger partial charge in [0, 0.05) is 23.6 Å². The summed E-state index contributed by atoms with van der Waals surface area (Å²) >= 11 is 3.25. The highest BCUT2D eigenvalue weighted by atomic mass is 79.9. The lowest BCUT2D eigenvalue weighted by atomic mass is 10.1. The van der Waals surface area contributed by atoms with E-state index in [1.165, 1.54) is 12.1 Å². The largest absolute Gasteiger partial charge is 0.386 e. The molecular weight excluding hydrogens is 311 g/mol. The Morgan fingerprint density at radius 2 is 2.21 bits per heavy atom. The highest BCUT2D eigenvalue weighted by Crippen LogP contribution is 2.22. The first kappa shape index (κ1) is 14.2. The van der Waals surface area contributed by atoms with Crippen LogP contribution in [0.25, 0.3) is 0 Å². The zero-order chi connectivity index (χ0) is 13.8. The number of hydrogen-bond acceptors (Lipinski definition) is 2. The van der Waals surface area contributed by atoms with Gasteiger partial charge in [-0.25, -0.2) is 4.39 Å². The third-order valence-electron chi connectivity index (χ3n) is 2.88. The van der Waals surface area contributed by atoms with Crippen LogP contribution in [0.15, 0.2) is 34.9 Å². The molecule has 2 aromatic rings. The number of benzene rings is 1. The van der Waals surface area contributed by atoms with Crippen molar-refractivity contribution in [1.82, 2.24) is 9.78 Å². The van der Waals surface area contributed by atoms with E-state index in [9.17, 15) is 9.50 Å². The number of nitrogens with zero attached hydrogens (tertiary/aromatic N) is 2. The second-order valence-electron chi connectivity index (χ2n) is 4.48. The molecule has 1 heterocycles. The van der Waals surface area contributed by atoms with Crippen LogP contribution in [-0.4, -0.2) is 14.9 Å². The number of rotatable bonds is 5. The first-order chi connectivity index (χ1) is 9.10. The Balaban J connectivity index is 2.15. The molecule has 1 aromatic carbocycles. The third-order valence-corrected chi connectivity index (χ3v) is 3.34. The zero-order valence-electron chi connectivity index (χ0n) is 10.7. The SMILES string of the molecule is CCCn1nccc1C(O)Cc1cc(F)cc(Br)c1. The van der Waals surface area contributed by atoms with Gasteiger partial charge in [0.15, 0.2) is 0 Å². The molecule has 0 fully saturated rings.